The van der Waals surface area contributed by atoms with Gasteiger partial charge in [0, 0.05) is 25.2 Å². The Bertz CT molecular complexity index is 1800. The van der Waals surface area contributed by atoms with Gasteiger partial charge in [-0.1, -0.05) is 42.5 Å². The van der Waals surface area contributed by atoms with E-state index in [0.717, 1.165) is 46.2 Å². The Balaban J connectivity index is 1.22. The van der Waals surface area contributed by atoms with Crippen LogP contribution in [0.5, 0.6) is 0 Å². The maximum Gasteiger partial charge on any atom is 0.412 e. The average molecular weight is 575 g/mol. The molecule has 10 heteroatoms. The van der Waals surface area contributed by atoms with Crippen molar-refractivity contribution in [3.05, 3.63) is 83.7 Å². The summed E-state index contributed by atoms with van der Waals surface area (Å²) in [6.45, 7) is 3.72. The van der Waals surface area contributed by atoms with Gasteiger partial charge in [-0.05, 0) is 54.7 Å². The molecule has 39 heavy (non-hydrogen) atoms. The van der Waals surface area contributed by atoms with Crippen molar-refractivity contribution in [1.82, 2.24) is 4.37 Å². The van der Waals surface area contributed by atoms with E-state index in [1.165, 1.54) is 17.8 Å². The minimum absolute atomic E-state index is 0.0679. The number of rotatable bonds is 7. The lowest BCUT2D eigenvalue weighted by Gasteiger charge is -2.14. The van der Waals surface area contributed by atoms with E-state index in [9.17, 15) is 9.59 Å². The molecule has 1 atom stereocenters. The topological polar surface area (TPSA) is 102 Å². The third-order valence-electron chi connectivity index (χ3n) is 6.36. The van der Waals surface area contributed by atoms with Crippen LogP contribution < -0.4 is 5.32 Å². The van der Waals surface area contributed by atoms with Gasteiger partial charge in [-0.15, -0.1) is 22.7 Å². The van der Waals surface area contributed by atoms with Gasteiger partial charge in [0.25, 0.3) is 0 Å². The first-order chi connectivity index (χ1) is 18.9. The fourth-order valence-corrected chi connectivity index (χ4v) is 7.73. The van der Waals surface area contributed by atoms with Crippen LogP contribution in [0.1, 0.15) is 29.8 Å². The maximum absolute atomic E-state index is 12.7. The van der Waals surface area contributed by atoms with E-state index in [-0.39, 0.29) is 12.5 Å². The van der Waals surface area contributed by atoms with Crippen LogP contribution in [0.2, 0.25) is 0 Å². The Morgan fingerprint density at radius 3 is 2.56 bits per heavy atom. The molecule has 0 aliphatic rings. The molecule has 0 fully saturated rings. The number of nitrogens with zero attached hydrogens (tertiary/aromatic N) is 1. The molecule has 0 saturated carbocycles. The van der Waals surface area contributed by atoms with Crippen LogP contribution in [0.25, 0.3) is 40.6 Å². The maximum atomic E-state index is 12.7. The molecule has 0 aliphatic heterocycles. The Labute approximate surface area is 235 Å². The Hall–Kier alpha value is -3.99. The molecule has 6 aromatic rings. The summed E-state index contributed by atoms with van der Waals surface area (Å²) in [5.41, 5.74) is 4.69. The number of thiophene rings is 2. The predicted octanol–water partition coefficient (Wildman–Crippen LogP) is 8.74. The summed E-state index contributed by atoms with van der Waals surface area (Å²) in [5, 5.41) is 12.8. The zero-order chi connectivity index (χ0) is 27.1. The number of anilines is 1. The number of furan rings is 1. The van der Waals surface area contributed by atoms with E-state index in [4.69, 9.17) is 14.3 Å². The van der Waals surface area contributed by atoms with Crippen molar-refractivity contribution < 1.29 is 23.8 Å². The molecule has 2 N–H and O–H groups in total. The van der Waals surface area contributed by atoms with Crippen LogP contribution in [0.3, 0.4) is 0 Å². The monoisotopic (exact) mass is 574 g/mol. The number of carbonyl (C=O) groups excluding carboxylic acids is 1. The molecule has 7 nitrogen and oxygen atoms in total. The summed E-state index contributed by atoms with van der Waals surface area (Å²) in [5.74, 6) is -0.885. The van der Waals surface area contributed by atoms with Gasteiger partial charge in [-0.25, -0.2) is 4.79 Å². The number of carboxylic acid groups (broad SMARTS) is 1. The number of hydrogen-bond donors (Lipinski definition) is 2. The molecule has 0 radical (unpaired) electrons. The molecule has 1 unspecified atom stereocenters. The lowest BCUT2D eigenvalue weighted by molar-refractivity contribution is -0.136. The Morgan fingerprint density at radius 2 is 1.79 bits per heavy atom. The fraction of sp³-hybridized carbons (Fsp3) is 0.138. The number of aliphatic carboxylic acids is 1. The quantitative estimate of drug-likeness (QED) is 0.198. The normalized spacial score (nSPS) is 12.2. The second-order valence-electron chi connectivity index (χ2n) is 9.05. The number of aromatic nitrogens is 1. The second kappa shape index (κ2) is 10.3. The van der Waals surface area contributed by atoms with Gasteiger partial charge in [-0.2, -0.15) is 4.37 Å². The number of carboxylic acids is 1. The lowest BCUT2D eigenvalue weighted by Crippen LogP contribution is -2.16. The third kappa shape index (κ3) is 5.06. The molecular weight excluding hydrogens is 553 g/mol. The number of fused-ring (bicyclic) bond motifs is 2. The molecule has 0 saturated heterocycles. The highest BCUT2D eigenvalue weighted by Crippen LogP contribution is 2.45. The summed E-state index contributed by atoms with van der Waals surface area (Å²) < 4.78 is 18.0. The van der Waals surface area contributed by atoms with Gasteiger partial charge in [0.05, 0.1) is 33.8 Å². The van der Waals surface area contributed by atoms with E-state index in [0.29, 0.717) is 16.8 Å². The van der Waals surface area contributed by atoms with Gasteiger partial charge < -0.3 is 14.3 Å². The largest absolute Gasteiger partial charge is 0.481 e. The lowest BCUT2D eigenvalue weighted by atomic mass is 10.1. The van der Waals surface area contributed by atoms with Crippen LogP contribution in [0.15, 0.2) is 71.3 Å². The number of benzene rings is 2. The number of amides is 1. The molecule has 196 valence electrons. The highest BCUT2D eigenvalue weighted by atomic mass is 32.1. The van der Waals surface area contributed by atoms with E-state index in [1.54, 1.807) is 22.7 Å². The van der Waals surface area contributed by atoms with E-state index >= 15 is 0 Å². The summed E-state index contributed by atoms with van der Waals surface area (Å²) in [6.07, 6.45) is 0.553. The van der Waals surface area contributed by atoms with Crippen LogP contribution in [-0.4, -0.2) is 21.5 Å². The van der Waals surface area contributed by atoms with Crippen molar-refractivity contribution in [2.75, 3.05) is 5.32 Å². The minimum atomic E-state index is -0.885. The highest BCUT2D eigenvalue weighted by molar-refractivity contribution is 7.32. The molecule has 4 heterocycles. The fourth-order valence-electron chi connectivity index (χ4n) is 4.40. The summed E-state index contributed by atoms with van der Waals surface area (Å²) in [4.78, 5) is 26.8. The number of hydrogen-bond acceptors (Lipinski definition) is 8. The van der Waals surface area contributed by atoms with Gasteiger partial charge >= 0.3 is 12.1 Å². The molecule has 2 aromatic carbocycles. The average Bonchev–Trinajstić information content (AvgIpc) is 3.68. The van der Waals surface area contributed by atoms with Gasteiger partial charge in [0.2, 0.25) is 0 Å². The van der Waals surface area contributed by atoms with E-state index in [2.05, 4.69) is 21.8 Å². The van der Waals surface area contributed by atoms with Crippen LogP contribution in [0.4, 0.5) is 10.5 Å². The van der Waals surface area contributed by atoms with Crippen molar-refractivity contribution in [2.24, 2.45) is 0 Å². The summed E-state index contributed by atoms with van der Waals surface area (Å²) in [6, 6.07) is 19.8. The van der Waals surface area contributed by atoms with Crippen LogP contribution >= 0.6 is 34.2 Å². The van der Waals surface area contributed by atoms with Crippen LogP contribution in [0, 0.1) is 6.92 Å². The molecule has 6 rings (SSSR count). The Kier molecular flexibility index (Phi) is 6.68. The van der Waals surface area contributed by atoms with Gasteiger partial charge in [0.15, 0.2) is 0 Å². The summed E-state index contributed by atoms with van der Waals surface area (Å²) in [7, 11) is 0. The van der Waals surface area contributed by atoms with Crippen LogP contribution in [-0.2, 0) is 16.0 Å². The molecule has 0 spiro atoms. The number of carbonyl (C=O) groups is 2. The van der Waals surface area contributed by atoms with Crippen molar-refractivity contribution in [3.8, 4) is 20.2 Å². The molecule has 0 aliphatic carbocycles. The van der Waals surface area contributed by atoms with Gasteiger partial charge in [-0.3, -0.25) is 10.1 Å². The number of ether oxygens (including phenoxy) is 1. The van der Waals surface area contributed by atoms with Crippen molar-refractivity contribution in [1.29, 1.82) is 0 Å². The zero-order valence-electron chi connectivity index (χ0n) is 20.9. The first kappa shape index (κ1) is 25.3. The zero-order valence-corrected chi connectivity index (χ0v) is 23.3. The number of nitrogens with one attached hydrogen (secondary N) is 1. The van der Waals surface area contributed by atoms with E-state index < -0.39 is 12.1 Å². The molecule has 1 amide bonds. The summed E-state index contributed by atoms with van der Waals surface area (Å²) >= 11 is 4.67. The molecular formula is C29H22N2O5S3. The standard InChI is InChI=1S/C29H22N2O5S3/c1-15-27(30-29(34)36-16(2)17-6-4-3-5-7-17)28(39-31-15)25-13-24-23(38-25)12-22(37-24)18-8-9-20-19(11-26(32)33)14-35-21(20)10-18/h3-10,12-14,16H,11H2,1-2H3,(H,30,34)(H,32,33). The van der Waals surface area contributed by atoms with Crippen molar-refractivity contribution in [3.63, 3.8) is 0 Å². The number of aryl methyl sites for hydroxylation is 1. The van der Waals surface area contributed by atoms with Crippen molar-refractivity contribution >= 4 is 72.3 Å². The second-order valence-corrected chi connectivity index (χ2v) is 12.0. The first-order valence-electron chi connectivity index (χ1n) is 12.1. The highest BCUT2D eigenvalue weighted by Gasteiger charge is 2.21. The first-order valence-corrected chi connectivity index (χ1v) is 14.5. The molecule has 0 bridgehead atoms. The Morgan fingerprint density at radius 1 is 1.05 bits per heavy atom. The minimum Gasteiger partial charge on any atom is -0.481 e. The predicted molar refractivity (Wildman–Crippen MR) is 157 cm³/mol. The van der Waals surface area contributed by atoms with E-state index in [1.807, 2.05) is 62.4 Å². The molecule has 4 aromatic heterocycles. The van der Waals surface area contributed by atoms with Crippen molar-refractivity contribution in [2.45, 2.75) is 26.4 Å². The SMILES string of the molecule is Cc1nsc(-c2cc3sc(-c4ccc5c(CC(=O)O)coc5c4)cc3s2)c1NC(=O)OC(C)c1ccccc1. The smallest absolute Gasteiger partial charge is 0.412 e. The van der Waals surface area contributed by atoms with Gasteiger partial charge in [0.1, 0.15) is 11.7 Å². The third-order valence-corrected chi connectivity index (χ3v) is 9.82.